The van der Waals surface area contributed by atoms with Gasteiger partial charge in [0.1, 0.15) is 11.2 Å². The van der Waals surface area contributed by atoms with Crippen molar-refractivity contribution in [2.75, 3.05) is 7.11 Å². The summed E-state index contributed by atoms with van der Waals surface area (Å²) in [6, 6.07) is 4.98. The first kappa shape index (κ1) is 14.0. The summed E-state index contributed by atoms with van der Waals surface area (Å²) in [4.78, 5) is 27.7. The van der Waals surface area contributed by atoms with Crippen molar-refractivity contribution in [2.24, 2.45) is 0 Å². The van der Waals surface area contributed by atoms with Crippen LogP contribution in [-0.2, 0) is 9.47 Å². The molecule has 0 saturated heterocycles. The van der Waals surface area contributed by atoms with Crippen LogP contribution in [0.25, 0.3) is 11.0 Å². The first-order valence-electron chi connectivity index (χ1n) is 6.11. The van der Waals surface area contributed by atoms with Crippen LogP contribution >= 0.6 is 0 Å². The van der Waals surface area contributed by atoms with Crippen molar-refractivity contribution in [3.05, 3.63) is 30.1 Å². The molecule has 0 aliphatic heterocycles. The highest BCUT2D eigenvalue weighted by Crippen LogP contribution is 2.17. The van der Waals surface area contributed by atoms with Crippen molar-refractivity contribution in [1.82, 2.24) is 9.55 Å². The number of aromatic nitrogens is 2. The summed E-state index contributed by atoms with van der Waals surface area (Å²) in [5.41, 5.74) is -0.0983. The molecule has 0 amide bonds. The number of carbonyl (C=O) groups is 2. The molecule has 2 heterocycles. The third-order valence-corrected chi connectivity index (χ3v) is 2.52. The van der Waals surface area contributed by atoms with Crippen LogP contribution in [0.4, 0.5) is 4.79 Å². The van der Waals surface area contributed by atoms with Crippen LogP contribution in [-0.4, -0.2) is 34.3 Å². The Morgan fingerprint density at radius 3 is 2.50 bits per heavy atom. The molecule has 2 aromatic rings. The number of hydrogen-bond donors (Lipinski definition) is 0. The van der Waals surface area contributed by atoms with Gasteiger partial charge in [0.2, 0.25) is 0 Å². The van der Waals surface area contributed by atoms with Crippen LogP contribution in [0, 0.1) is 0 Å². The van der Waals surface area contributed by atoms with Crippen LogP contribution in [0.5, 0.6) is 0 Å². The standard InChI is InChI=1S/C14H16N2O4/c1-14(2,3)20-13(18)16-8-7-9-5-6-10(12(17)19-4)15-11(9)16/h5-8H,1-4H3. The monoisotopic (exact) mass is 276 g/mol. The van der Waals surface area contributed by atoms with E-state index in [-0.39, 0.29) is 5.69 Å². The second-order valence-electron chi connectivity index (χ2n) is 5.27. The minimum absolute atomic E-state index is 0.142. The number of pyridine rings is 1. The van der Waals surface area contributed by atoms with E-state index in [1.807, 2.05) is 0 Å². The molecule has 0 saturated carbocycles. The predicted octanol–water partition coefficient (Wildman–Crippen LogP) is 2.61. The molecule has 0 aliphatic carbocycles. The second-order valence-corrected chi connectivity index (χ2v) is 5.27. The Balaban J connectivity index is 2.44. The van der Waals surface area contributed by atoms with E-state index in [0.717, 1.165) is 5.39 Å². The first-order valence-corrected chi connectivity index (χ1v) is 6.11. The lowest BCUT2D eigenvalue weighted by atomic mass is 10.2. The zero-order valence-electron chi connectivity index (χ0n) is 11.8. The number of esters is 1. The van der Waals surface area contributed by atoms with Crippen molar-refractivity contribution in [3.8, 4) is 0 Å². The fourth-order valence-electron chi connectivity index (χ4n) is 1.68. The number of hydrogen-bond acceptors (Lipinski definition) is 5. The van der Waals surface area contributed by atoms with Crippen molar-refractivity contribution >= 4 is 23.1 Å². The summed E-state index contributed by atoms with van der Waals surface area (Å²) in [5.74, 6) is -0.552. The summed E-state index contributed by atoms with van der Waals surface area (Å²) in [6.07, 6.45) is 1.02. The summed E-state index contributed by atoms with van der Waals surface area (Å²) < 4.78 is 11.2. The molecule has 2 aromatic heterocycles. The molecular formula is C14H16N2O4. The number of carbonyl (C=O) groups excluding carboxylic acids is 2. The number of methoxy groups -OCH3 is 1. The summed E-state index contributed by atoms with van der Waals surface area (Å²) in [6.45, 7) is 5.34. The number of nitrogens with zero attached hydrogens (tertiary/aromatic N) is 2. The summed E-state index contributed by atoms with van der Waals surface area (Å²) >= 11 is 0. The molecule has 0 atom stereocenters. The van der Waals surface area contributed by atoms with E-state index in [9.17, 15) is 9.59 Å². The fraction of sp³-hybridized carbons (Fsp3) is 0.357. The van der Waals surface area contributed by atoms with Gasteiger partial charge >= 0.3 is 12.1 Å². The molecule has 106 valence electrons. The van der Waals surface area contributed by atoms with Gasteiger partial charge in [0.25, 0.3) is 0 Å². The van der Waals surface area contributed by atoms with Crippen LogP contribution < -0.4 is 0 Å². The lowest BCUT2D eigenvalue weighted by molar-refractivity contribution is 0.0539. The minimum atomic E-state index is -0.604. The van der Waals surface area contributed by atoms with Crippen molar-refractivity contribution in [2.45, 2.75) is 26.4 Å². The molecule has 0 unspecified atom stereocenters. The van der Waals surface area contributed by atoms with Gasteiger partial charge in [-0.15, -0.1) is 0 Å². The average Bonchev–Trinajstić information content (AvgIpc) is 2.78. The highest BCUT2D eigenvalue weighted by atomic mass is 16.6. The number of fused-ring (bicyclic) bond motifs is 1. The topological polar surface area (TPSA) is 70.4 Å². The van der Waals surface area contributed by atoms with Gasteiger partial charge in [-0.3, -0.25) is 0 Å². The molecule has 2 rings (SSSR count). The Kier molecular flexibility index (Phi) is 3.48. The zero-order valence-corrected chi connectivity index (χ0v) is 11.8. The Morgan fingerprint density at radius 1 is 1.20 bits per heavy atom. The van der Waals surface area contributed by atoms with Gasteiger partial charge < -0.3 is 9.47 Å². The van der Waals surface area contributed by atoms with E-state index in [2.05, 4.69) is 9.72 Å². The van der Waals surface area contributed by atoms with Crippen LogP contribution in [0.15, 0.2) is 24.4 Å². The largest absolute Gasteiger partial charge is 0.464 e. The lowest BCUT2D eigenvalue weighted by Crippen LogP contribution is -2.27. The summed E-state index contributed by atoms with van der Waals surface area (Å²) in [7, 11) is 1.28. The fourth-order valence-corrected chi connectivity index (χ4v) is 1.68. The molecule has 0 fully saturated rings. The SMILES string of the molecule is COC(=O)c1ccc2ccn(C(=O)OC(C)(C)C)c2n1. The van der Waals surface area contributed by atoms with Crippen molar-refractivity contribution in [3.63, 3.8) is 0 Å². The Labute approximate surface area is 116 Å². The molecule has 0 bridgehead atoms. The van der Waals surface area contributed by atoms with Gasteiger partial charge in [0.05, 0.1) is 7.11 Å². The van der Waals surface area contributed by atoms with Gasteiger partial charge in [-0.1, -0.05) is 0 Å². The van der Waals surface area contributed by atoms with Gasteiger partial charge in [-0.05, 0) is 39.0 Å². The maximum Gasteiger partial charge on any atom is 0.420 e. The van der Waals surface area contributed by atoms with Crippen molar-refractivity contribution < 1.29 is 19.1 Å². The first-order chi connectivity index (χ1) is 9.31. The molecule has 6 nitrogen and oxygen atoms in total. The van der Waals surface area contributed by atoms with Crippen LogP contribution in [0.2, 0.25) is 0 Å². The smallest absolute Gasteiger partial charge is 0.420 e. The van der Waals surface area contributed by atoms with Crippen molar-refractivity contribution in [1.29, 1.82) is 0 Å². The van der Waals surface area contributed by atoms with E-state index in [4.69, 9.17) is 4.74 Å². The van der Waals surface area contributed by atoms with Gasteiger partial charge in [-0.2, -0.15) is 0 Å². The number of ether oxygens (including phenoxy) is 2. The molecule has 20 heavy (non-hydrogen) atoms. The Morgan fingerprint density at radius 2 is 1.90 bits per heavy atom. The van der Waals surface area contributed by atoms with Crippen LogP contribution in [0.3, 0.4) is 0 Å². The highest BCUT2D eigenvalue weighted by Gasteiger charge is 2.20. The van der Waals surface area contributed by atoms with E-state index < -0.39 is 17.7 Å². The van der Waals surface area contributed by atoms with Gasteiger partial charge in [-0.25, -0.2) is 19.1 Å². The van der Waals surface area contributed by atoms with E-state index in [1.54, 1.807) is 45.2 Å². The van der Waals surface area contributed by atoms with E-state index >= 15 is 0 Å². The highest BCUT2D eigenvalue weighted by molar-refractivity contribution is 5.92. The Bertz CT molecular complexity index is 667. The quantitative estimate of drug-likeness (QED) is 0.749. The van der Waals surface area contributed by atoms with Crippen LogP contribution in [0.1, 0.15) is 31.3 Å². The minimum Gasteiger partial charge on any atom is -0.464 e. The predicted molar refractivity (Wildman–Crippen MR) is 72.7 cm³/mol. The molecule has 0 aromatic carbocycles. The molecule has 0 aliphatic rings. The summed E-state index contributed by atoms with van der Waals surface area (Å²) in [5, 5.41) is 0.739. The normalized spacial score (nSPS) is 11.4. The lowest BCUT2D eigenvalue weighted by Gasteiger charge is -2.19. The molecule has 0 spiro atoms. The zero-order chi connectivity index (χ0) is 14.9. The third kappa shape index (κ3) is 2.79. The average molecular weight is 276 g/mol. The number of rotatable bonds is 1. The maximum absolute atomic E-state index is 12.1. The van der Waals surface area contributed by atoms with E-state index in [1.165, 1.54) is 11.7 Å². The molecule has 6 heteroatoms. The van der Waals surface area contributed by atoms with Gasteiger partial charge in [0, 0.05) is 11.6 Å². The van der Waals surface area contributed by atoms with Gasteiger partial charge in [0.15, 0.2) is 5.69 Å². The third-order valence-electron chi connectivity index (χ3n) is 2.52. The molecule has 0 N–H and O–H groups in total. The van der Waals surface area contributed by atoms with E-state index in [0.29, 0.717) is 5.65 Å². The molecule has 0 radical (unpaired) electrons. The molecular weight excluding hydrogens is 260 g/mol. The maximum atomic E-state index is 12.1. The second kappa shape index (κ2) is 4.96. The Hall–Kier alpha value is -2.37.